The van der Waals surface area contributed by atoms with Gasteiger partial charge in [-0.05, 0) is 6.42 Å². The van der Waals surface area contributed by atoms with Crippen molar-refractivity contribution in [1.82, 2.24) is 0 Å². The number of hydrogen-bond acceptors (Lipinski definition) is 6. The molecule has 0 aromatic heterocycles. The van der Waals surface area contributed by atoms with Crippen molar-refractivity contribution in [2.75, 3.05) is 6.61 Å². The fourth-order valence-electron chi connectivity index (χ4n) is 2.65. The molecule has 2 bridgehead atoms. The van der Waals surface area contributed by atoms with Crippen molar-refractivity contribution < 1.29 is 28.9 Å². The molecule has 0 aromatic carbocycles. The summed E-state index contributed by atoms with van der Waals surface area (Å²) in [5, 5.41) is 8.77. The average Bonchev–Trinajstić information content (AvgIpc) is 2.92. The topological polar surface area (TPSA) is 82.1 Å². The number of rotatable bonds is 3. The van der Waals surface area contributed by atoms with E-state index in [1.54, 1.807) is 0 Å². The van der Waals surface area contributed by atoms with Crippen molar-refractivity contribution in [3.8, 4) is 0 Å². The van der Waals surface area contributed by atoms with Crippen LogP contribution < -0.4 is 0 Å². The average molecular weight is 240 g/mol. The van der Waals surface area contributed by atoms with Crippen molar-refractivity contribution in [3.05, 3.63) is 12.2 Å². The van der Waals surface area contributed by atoms with Gasteiger partial charge in [-0.15, -0.1) is 0 Å². The summed E-state index contributed by atoms with van der Waals surface area (Å²) in [4.78, 5) is 22.9. The Morgan fingerprint density at radius 1 is 1.53 bits per heavy atom. The smallest absolute Gasteiger partial charge is 0.336 e. The summed E-state index contributed by atoms with van der Waals surface area (Å²) in [6.45, 7) is 2.93. The number of hydrogen-bond donors (Lipinski definition) is 1. The van der Waals surface area contributed by atoms with E-state index in [-0.39, 0.29) is 29.7 Å². The Hall–Kier alpha value is -1.40. The Balaban J connectivity index is 1.72. The van der Waals surface area contributed by atoms with Crippen molar-refractivity contribution in [2.45, 2.75) is 30.8 Å². The molecule has 5 unspecified atom stereocenters. The Bertz CT molecular complexity index is 403. The fraction of sp³-hybridized carbons (Fsp3) is 0.636. The maximum atomic E-state index is 11.5. The van der Waals surface area contributed by atoms with Crippen LogP contribution in [0.4, 0.5) is 0 Å². The minimum Gasteiger partial charge on any atom is -0.455 e. The van der Waals surface area contributed by atoms with E-state index in [4.69, 9.17) is 19.3 Å². The lowest BCUT2D eigenvalue weighted by Gasteiger charge is -2.22. The summed E-state index contributed by atoms with van der Waals surface area (Å²) in [5.41, 5.74) is -0.0198. The van der Waals surface area contributed by atoms with Crippen LogP contribution in [-0.4, -0.2) is 48.1 Å². The summed E-state index contributed by atoms with van der Waals surface area (Å²) in [5.74, 6) is -1.16. The Kier molecular flexibility index (Phi) is 2.24. The number of ether oxygens (including phenoxy) is 3. The molecule has 3 heterocycles. The van der Waals surface area contributed by atoms with Gasteiger partial charge < -0.3 is 19.3 Å². The third kappa shape index (κ3) is 1.41. The lowest BCUT2D eigenvalue weighted by atomic mass is 9.88. The molecule has 17 heavy (non-hydrogen) atoms. The molecule has 92 valence electrons. The van der Waals surface area contributed by atoms with Gasteiger partial charge in [-0.1, -0.05) is 6.58 Å². The first-order chi connectivity index (χ1) is 8.11. The number of carbonyl (C=O) groups excluding carboxylic acids is 2. The largest absolute Gasteiger partial charge is 0.455 e. The van der Waals surface area contributed by atoms with E-state index in [0.717, 1.165) is 0 Å². The van der Waals surface area contributed by atoms with Crippen LogP contribution in [-0.2, 0) is 23.8 Å². The molecule has 3 aliphatic rings. The van der Waals surface area contributed by atoms with Crippen LogP contribution in [0.3, 0.4) is 0 Å². The predicted octanol–water partition coefficient (Wildman–Crippen LogP) is -0.841. The van der Waals surface area contributed by atoms with Crippen LogP contribution in [0.5, 0.6) is 0 Å². The minimum absolute atomic E-state index is 0.0198. The number of carbonyl (C=O) groups is 2. The second-order valence-corrected chi connectivity index (χ2v) is 4.51. The Morgan fingerprint density at radius 3 is 3.00 bits per heavy atom. The van der Waals surface area contributed by atoms with E-state index < -0.39 is 24.8 Å². The molecule has 0 aromatic rings. The van der Waals surface area contributed by atoms with Crippen LogP contribution in [0.25, 0.3) is 0 Å². The summed E-state index contributed by atoms with van der Waals surface area (Å²) in [6.07, 6.45) is -1.10. The third-order valence-corrected chi connectivity index (χ3v) is 3.51. The molecule has 3 saturated heterocycles. The molecule has 3 rings (SSSR count). The summed E-state index contributed by atoms with van der Waals surface area (Å²) >= 11 is 0. The first kappa shape index (κ1) is 10.7. The SMILES string of the molecule is C=C(CO)C(=O)OC1C2CC3C(=O)OC1C3O2. The second-order valence-electron chi connectivity index (χ2n) is 4.51. The Morgan fingerprint density at radius 2 is 2.29 bits per heavy atom. The second kappa shape index (κ2) is 3.54. The number of aliphatic hydroxyl groups is 1. The normalized spacial score (nSPS) is 41.5. The molecule has 0 aliphatic carbocycles. The maximum Gasteiger partial charge on any atom is 0.336 e. The van der Waals surface area contributed by atoms with Crippen LogP contribution in [0, 0.1) is 5.92 Å². The highest BCUT2D eigenvalue weighted by molar-refractivity contribution is 5.88. The van der Waals surface area contributed by atoms with E-state index in [2.05, 4.69) is 6.58 Å². The van der Waals surface area contributed by atoms with Gasteiger partial charge in [-0.2, -0.15) is 0 Å². The minimum atomic E-state index is -0.673. The van der Waals surface area contributed by atoms with Crippen LogP contribution in [0.1, 0.15) is 6.42 Å². The van der Waals surface area contributed by atoms with Gasteiger partial charge in [0, 0.05) is 0 Å². The van der Waals surface area contributed by atoms with Crippen LogP contribution in [0.2, 0.25) is 0 Å². The molecular weight excluding hydrogens is 228 g/mol. The van der Waals surface area contributed by atoms with E-state index in [9.17, 15) is 9.59 Å². The first-order valence-corrected chi connectivity index (χ1v) is 5.47. The summed E-state index contributed by atoms with van der Waals surface area (Å²) in [6, 6.07) is 0. The van der Waals surface area contributed by atoms with Gasteiger partial charge in [-0.25, -0.2) is 4.79 Å². The van der Waals surface area contributed by atoms with Gasteiger partial charge in [0.15, 0.2) is 12.2 Å². The molecule has 0 saturated carbocycles. The molecule has 6 heteroatoms. The zero-order valence-corrected chi connectivity index (χ0v) is 9.00. The van der Waals surface area contributed by atoms with Gasteiger partial charge >= 0.3 is 11.9 Å². The third-order valence-electron chi connectivity index (χ3n) is 3.51. The van der Waals surface area contributed by atoms with Gasteiger partial charge in [0.25, 0.3) is 0 Å². The monoisotopic (exact) mass is 240 g/mol. The number of fused-ring (bicyclic) bond motifs is 1. The molecule has 0 radical (unpaired) electrons. The zero-order valence-electron chi connectivity index (χ0n) is 9.00. The first-order valence-electron chi connectivity index (χ1n) is 5.47. The van der Waals surface area contributed by atoms with Crippen molar-refractivity contribution in [3.63, 3.8) is 0 Å². The van der Waals surface area contributed by atoms with Gasteiger partial charge in [-0.3, -0.25) is 4.79 Å². The van der Waals surface area contributed by atoms with Gasteiger partial charge in [0.1, 0.15) is 6.10 Å². The molecular formula is C11H12O6. The molecule has 0 spiro atoms. The van der Waals surface area contributed by atoms with E-state index in [1.165, 1.54) is 0 Å². The Labute approximate surface area is 97.1 Å². The fourth-order valence-corrected chi connectivity index (χ4v) is 2.65. The molecule has 3 aliphatic heterocycles. The molecule has 5 atom stereocenters. The van der Waals surface area contributed by atoms with Crippen LogP contribution >= 0.6 is 0 Å². The highest BCUT2D eigenvalue weighted by Crippen LogP contribution is 2.47. The number of aliphatic hydroxyl groups excluding tert-OH is 1. The summed E-state index contributed by atoms with van der Waals surface area (Å²) < 4.78 is 15.8. The number of esters is 2. The molecule has 6 nitrogen and oxygen atoms in total. The molecule has 0 amide bonds. The molecule has 1 N–H and O–H groups in total. The predicted molar refractivity (Wildman–Crippen MR) is 52.8 cm³/mol. The van der Waals surface area contributed by atoms with E-state index in [1.807, 2.05) is 0 Å². The lowest BCUT2D eigenvalue weighted by Crippen LogP contribution is -2.40. The highest BCUT2D eigenvalue weighted by atomic mass is 16.7. The summed E-state index contributed by atoms with van der Waals surface area (Å²) in [7, 11) is 0. The van der Waals surface area contributed by atoms with Gasteiger partial charge in [0.2, 0.25) is 0 Å². The van der Waals surface area contributed by atoms with Crippen LogP contribution in [0.15, 0.2) is 12.2 Å². The lowest BCUT2D eigenvalue weighted by molar-refractivity contribution is -0.157. The van der Waals surface area contributed by atoms with E-state index in [0.29, 0.717) is 6.42 Å². The van der Waals surface area contributed by atoms with Crippen molar-refractivity contribution >= 4 is 11.9 Å². The standard InChI is InChI=1S/C11H12O6/c1-4(3-12)10(13)16-8-6-2-5-7(15-6)9(8)17-11(5)14/h5-9,12H,1-3H2. The van der Waals surface area contributed by atoms with Crippen molar-refractivity contribution in [2.24, 2.45) is 5.92 Å². The quantitative estimate of drug-likeness (QED) is 0.511. The highest BCUT2D eigenvalue weighted by Gasteiger charge is 2.65. The molecule has 3 fully saturated rings. The van der Waals surface area contributed by atoms with Crippen molar-refractivity contribution in [1.29, 1.82) is 0 Å². The van der Waals surface area contributed by atoms with Gasteiger partial charge in [0.05, 0.1) is 24.2 Å². The zero-order chi connectivity index (χ0) is 12.2. The maximum absolute atomic E-state index is 11.5. The van der Waals surface area contributed by atoms with E-state index >= 15 is 0 Å².